The quantitative estimate of drug-likeness (QED) is 0.814. The van der Waals surface area contributed by atoms with E-state index in [-0.39, 0.29) is 6.10 Å². The van der Waals surface area contributed by atoms with Crippen LogP contribution in [0.3, 0.4) is 0 Å². The van der Waals surface area contributed by atoms with Crippen molar-refractivity contribution in [1.29, 1.82) is 0 Å². The highest BCUT2D eigenvalue weighted by Crippen LogP contribution is 2.29. The molecule has 0 fully saturated rings. The summed E-state index contributed by atoms with van der Waals surface area (Å²) in [7, 11) is 1.59. The molecule has 2 atom stereocenters. The van der Waals surface area contributed by atoms with Crippen LogP contribution in [0.25, 0.3) is 0 Å². The Balaban J connectivity index is 2.77. The van der Waals surface area contributed by atoms with Gasteiger partial charge in [-0.1, -0.05) is 6.07 Å². The Hall–Kier alpha value is -1.75. The molecule has 0 heterocycles. The highest BCUT2D eigenvalue weighted by molar-refractivity contribution is 5.83. The Bertz CT molecular complexity index is 458. The van der Waals surface area contributed by atoms with Gasteiger partial charge < -0.3 is 20.9 Å². The fourth-order valence-corrected chi connectivity index (χ4v) is 1.83. The molecule has 1 rings (SSSR count). The molecule has 0 aliphatic rings. The molecule has 0 aromatic heterocycles. The molecule has 0 saturated carbocycles. The molecule has 4 N–H and O–H groups in total. The van der Waals surface area contributed by atoms with Gasteiger partial charge in [0.2, 0.25) is 5.91 Å². The summed E-state index contributed by atoms with van der Waals surface area (Å²) in [6, 6.07) is 5.65. The number of nitrogens with two attached hydrogens (primary N) is 2. The van der Waals surface area contributed by atoms with E-state index in [4.69, 9.17) is 20.9 Å². The number of primary amides is 1. The second-order valence-corrected chi connectivity index (χ2v) is 5.07. The van der Waals surface area contributed by atoms with Crippen molar-refractivity contribution in [2.24, 2.45) is 11.5 Å². The minimum Gasteiger partial charge on any atom is -0.493 e. The van der Waals surface area contributed by atoms with Crippen LogP contribution in [0, 0.1) is 6.92 Å². The van der Waals surface area contributed by atoms with Crippen molar-refractivity contribution in [2.75, 3.05) is 7.11 Å². The zero-order valence-electron chi connectivity index (χ0n) is 11.9. The SMILES string of the molecule is COc1cc(C)ccc1OC(C)CC(C)(N)C(N)=O. The number of benzene rings is 1. The van der Waals surface area contributed by atoms with Gasteiger partial charge in [0.15, 0.2) is 11.5 Å². The van der Waals surface area contributed by atoms with Crippen LogP contribution < -0.4 is 20.9 Å². The van der Waals surface area contributed by atoms with E-state index >= 15 is 0 Å². The van der Waals surface area contributed by atoms with Crippen LogP contribution in [0.1, 0.15) is 25.8 Å². The number of hydrogen-bond donors (Lipinski definition) is 2. The number of hydrogen-bond acceptors (Lipinski definition) is 4. The minimum atomic E-state index is -1.09. The first kappa shape index (κ1) is 15.3. The lowest BCUT2D eigenvalue weighted by atomic mass is 9.95. The third kappa shape index (κ3) is 4.13. The zero-order chi connectivity index (χ0) is 14.6. The number of aryl methyl sites for hydroxylation is 1. The normalized spacial score (nSPS) is 15.4. The topological polar surface area (TPSA) is 87.6 Å². The maximum Gasteiger partial charge on any atom is 0.237 e. The van der Waals surface area contributed by atoms with Crippen molar-refractivity contribution >= 4 is 5.91 Å². The van der Waals surface area contributed by atoms with Gasteiger partial charge in [0, 0.05) is 6.42 Å². The molecule has 19 heavy (non-hydrogen) atoms. The van der Waals surface area contributed by atoms with Gasteiger partial charge >= 0.3 is 0 Å². The summed E-state index contributed by atoms with van der Waals surface area (Å²) < 4.78 is 11.0. The lowest BCUT2D eigenvalue weighted by Crippen LogP contribution is -2.51. The van der Waals surface area contributed by atoms with Crippen molar-refractivity contribution < 1.29 is 14.3 Å². The molecule has 0 bridgehead atoms. The van der Waals surface area contributed by atoms with Gasteiger partial charge in [-0.2, -0.15) is 0 Å². The highest BCUT2D eigenvalue weighted by atomic mass is 16.5. The fourth-order valence-electron chi connectivity index (χ4n) is 1.83. The second kappa shape index (κ2) is 5.93. The van der Waals surface area contributed by atoms with E-state index in [0.29, 0.717) is 17.9 Å². The molecule has 0 radical (unpaired) electrons. The van der Waals surface area contributed by atoms with Gasteiger partial charge in [-0.15, -0.1) is 0 Å². The summed E-state index contributed by atoms with van der Waals surface area (Å²) in [6.07, 6.45) is 0.0819. The van der Waals surface area contributed by atoms with Gasteiger partial charge in [-0.3, -0.25) is 4.79 Å². The largest absolute Gasteiger partial charge is 0.493 e. The third-order valence-electron chi connectivity index (χ3n) is 2.92. The average Bonchev–Trinajstić information content (AvgIpc) is 2.30. The molecule has 0 aliphatic heterocycles. The van der Waals surface area contributed by atoms with Gasteiger partial charge in [0.05, 0.1) is 18.8 Å². The lowest BCUT2D eigenvalue weighted by molar-refractivity contribution is -0.123. The first-order valence-electron chi connectivity index (χ1n) is 6.16. The van der Waals surface area contributed by atoms with Crippen molar-refractivity contribution in [1.82, 2.24) is 0 Å². The number of carbonyl (C=O) groups excluding carboxylic acids is 1. The number of ether oxygens (including phenoxy) is 2. The highest BCUT2D eigenvalue weighted by Gasteiger charge is 2.29. The Morgan fingerprint density at radius 3 is 2.58 bits per heavy atom. The summed E-state index contributed by atoms with van der Waals surface area (Å²) in [4.78, 5) is 11.2. The zero-order valence-corrected chi connectivity index (χ0v) is 11.9. The maximum atomic E-state index is 11.2. The molecule has 2 unspecified atom stereocenters. The van der Waals surface area contributed by atoms with Crippen LogP contribution in [0.4, 0.5) is 0 Å². The fraction of sp³-hybridized carbons (Fsp3) is 0.500. The van der Waals surface area contributed by atoms with E-state index in [1.54, 1.807) is 14.0 Å². The molecule has 5 heteroatoms. The van der Waals surface area contributed by atoms with Crippen molar-refractivity contribution in [3.8, 4) is 11.5 Å². The first-order valence-corrected chi connectivity index (χ1v) is 6.16. The van der Waals surface area contributed by atoms with Crippen LogP contribution in [0.15, 0.2) is 18.2 Å². The number of methoxy groups -OCH3 is 1. The summed E-state index contributed by atoms with van der Waals surface area (Å²) in [5, 5.41) is 0. The molecular weight excluding hydrogens is 244 g/mol. The van der Waals surface area contributed by atoms with Crippen LogP contribution in [0.2, 0.25) is 0 Å². The van der Waals surface area contributed by atoms with Crippen molar-refractivity contribution in [3.05, 3.63) is 23.8 Å². The monoisotopic (exact) mass is 266 g/mol. The minimum absolute atomic E-state index is 0.251. The third-order valence-corrected chi connectivity index (χ3v) is 2.92. The molecule has 1 amide bonds. The van der Waals surface area contributed by atoms with Crippen LogP contribution >= 0.6 is 0 Å². The van der Waals surface area contributed by atoms with Crippen molar-refractivity contribution in [3.63, 3.8) is 0 Å². The maximum absolute atomic E-state index is 11.2. The molecule has 5 nitrogen and oxygen atoms in total. The van der Waals surface area contributed by atoms with Gasteiger partial charge in [-0.25, -0.2) is 0 Å². The molecular formula is C14H22N2O3. The number of rotatable bonds is 6. The summed E-state index contributed by atoms with van der Waals surface area (Å²) in [5.41, 5.74) is 11.1. The molecule has 0 spiro atoms. The Labute approximate surface area is 113 Å². The standard InChI is InChI=1S/C14H22N2O3/c1-9-5-6-11(12(7-9)18-4)19-10(2)8-14(3,16)13(15)17/h5-7,10H,8,16H2,1-4H3,(H2,15,17). The predicted molar refractivity (Wildman–Crippen MR) is 74.2 cm³/mol. The summed E-state index contributed by atoms with van der Waals surface area (Å²) in [6.45, 7) is 5.41. The Morgan fingerprint density at radius 1 is 1.42 bits per heavy atom. The van der Waals surface area contributed by atoms with E-state index in [0.717, 1.165) is 5.56 Å². The Kier molecular flexibility index (Phi) is 4.78. The molecule has 106 valence electrons. The number of amides is 1. The summed E-state index contributed by atoms with van der Waals surface area (Å²) in [5.74, 6) is 0.740. The molecule has 1 aromatic rings. The van der Waals surface area contributed by atoms with Gasteiger partial charge in [0.1, 0.15) is 0 Å². The second-order valence-electron chi connectivity index (χ2n) is 5.07. The Morgan fingerprint density at radius 2 is 2.05 bits per heavy atom. The molecule has 1 aromatic carbocycles. The van der Waals surface area contributed by atoms with Gasteiger partial charge in [-0.05, 0) is 38.5 Å². The van der Waals surface area contributed by atoms with Gasteiger partial charge in [0.25, 0.3) is 0 Å². The van der Waals surface area contributed by atoms with Crippen LogP contribution in [0.5, 0.6) is 11.5 Å². The smallest absolute Gasteiger partial charge is 0.237 e. The lowest BCUT2D eigenvalue weighted by Gasteiger charge is -2.25. The summed E-state index contributed by atoms with van der Waals surface area (Å²) >= 11 is 0. The van der Waals surface area contributed by atoms with E-state index in [1.165, 1.54) is 0 Å². The van der Waals surface area contributed by atoms with E-state index in [1.807, 2.05) is 32.0 Å². The average molecular weight is 266 g/mol. The molecule has 0 saturated heterocycles. The van der Waals surface area contributed by atoms with E-state index < -0.39 is 11.4 Å². The van der Waals surface area contributed by atoms with Crippen molar-refractivity contribution in [2.45, 2.75) is 38.8 Å². The molecule has 0 aliphatic carbocycles. The van der Waals surface area contributed by atoms with E-state index in [9.17, 15) is 4.79 Å². The predicted octanol–water partition coefficient (Wildman–Crippen LogP) is 1.36. The number of carbonyl (C=O) groups is 1. The van der Waals surface area contributed by atoms with E-state index in [2.05, 4.69) is 0 Å². The first-order chi connectivity index (χ1) is 8.76. The van der Waals surface area contributed by atoms with Crippen LogP contribution in [-0.4, -0.2) is 24.7 Å². The van der Waals surface area contributed by atoms with Crippen LogP contribution in [-0.2, 0) is 4.79 Å².